The third-order valence-corrected chi connectivity index (χ3v) is 3.75. The molecule has 3 heterocycles. The molecule has 0 aliphatic carbocycles. The van der Waals surface area contributed by atoms with E-state index >= 15 is 0 Å². The Morgan fingerprint density at radius 2 is 1.85 bits per heavy atom. The number of para-hydroxylation sites is 1. The molecule has 0 saturated carbocycles. The molecule has 132 valence electrons. The van der Waals surface area contributed by atoms with E-state index in [2.05, 4.69) is 20.5 Å². The lowest BCUT2D eigenvalue weighted by molar-refractivity contribution is 0.102. The van der Waals surface area contributed by atoms with Crippen LogP contribution in [-0.2, 0) is 0 Å². The van der Waals surface area contributed by atoms with Gasteiger partial charge in [0.15, 0.2) is 5.65 Å². The highest BCUT2D eigenvalue weighted by Crippen LogP contribution is 2.19. The summed E-state index contributed by atoms with van der Waals surface area (Å²) in [5, 5.41) is 11.3. The number of aryl methyl sites for hydroxylation is 1. The predicted molar refractivity (Wildman–Crippen MR) is 101 cm³/mol. The van der Waals surface area contributed by atoms with Crippen LogP contribution in [0.2, 0.25) is 0 Å². The number of hydrogen-bond acceptors (Lipinski definition) is 4. The number of amides is 1. The van der Waals surface area contributed by atoms with Gasteiger partial charge in [-0.15, -0.1) is 0 Å². The molecule has 0 aliphatic heterocycles. The van der Waals surface area contributed by atoms with Crippen LogP contribution in [0.3, 0.4) is 0 Å². The Labute approximate surface area is 151 Å². The second-order valence-electron chi connectivity index (χ2n) is 5.31. The van der Waals surface area contributed by atoms with Gasteiger partial charge in [-0.25, -0.2) is 14.2 Å². The van der Waals surface area contributed by atoms with Crippen molar-refractivity contribution in [3.8, 4) is 5.69 Å². The Kier molecular flexibility index (Phi) is 5.07. The summed E-state index contributed by atoms with van der Waals surface area (Å²) >= 11 is 0. The van der Waals surface area contributed by atoms with Gasteiger partial charge in [0.25, 0.3) is 5.91 Å². The zero-order chi connectivity index (χ0) is 18.5. The van der Waals surface area contributed by atoms with Crippen molar-refractivity contribution in [1.29, 1.82) is 0 Å². The molecule has 4 aromatic rings. The van der Waals surface area contributed by atoms with Crippen LogP contribution in [0.25, 0.3) is 11.3 Å². The molecule has 0 aliphatic rings. The summed E-state index contributed by atoms with van der Waals surface area (Å²) < 4.78 is 3.26. The maximum absolute atomic E-state index is 12.6. The number of aromatic nitrogens is 5. The van der Waals surface area contributed by atoms with Crippen molar-refractivity contribution in [2.45, 2.75) is 20.8 Å². The molecule has 1 amide bonds. The van der Waals surface area contributed by atoms with Gasteiger partial charge < -0.3 is 5.32 Å². The zero-order valence-corrected chi connectivity index (χ0v) is 14.9. The van der Waals surface area contributed by atoms with E-state index in [1.807, 2.05) is 45.0 Å². The van der Waals surface area contributed by atoms with Crippen molar-refractivity contribution in [2.75, 3.05) is 5.32 Å². The van der Waals surface area contributed by atoms with E-state index in [0.29, 0.717) is 17.0 Å². The number of carbonyl (C=O) groups is 1. The van der Waals surface area contributed by atoms with E-state index in [4.69, 9.17) is 0 Å². The summed E-state index contributed by atoms with van der Waals surface area (Å²) in [5.41, 5.74) is 2.90. The zero-order valence-electron chi connectivity index (χ0n) is 14.9. The third kappa shape index (κ3) is 3.19. The van der Waals surface area contributed by atoms with Crippen LogP contribution in [0, 0.1) is 6.92 Å². The number of benzene rings is 1. The van der Waals surface area contributed by atoms with Crippen LogP contribution >= 0.6 is 0 Å². The van der Waals surface area contributed by atoms with Crippen LogP contribution in [0.4, 0.5) is 5.82 Å². The highest BCUT2D eigenvalue weighted by atomic mass is 16.1. The molecule has 0 saturated heterocycles. The molecule has 3 aromatic heterocycles. The van der Waals surface area contributed by atoms with Crippen molar-refractivity contribution in [3.63, 3.8) is 0 Å². The van der Waals surface area contributed by atoms with Crippen LogP contribution in [-0.4, -0.2) is 30.3 Å². The monoisotopic (exact) mass is 348 g/mol. The van der Waals surface area contributed by atoms with Crippen LogP contribution in [0.5, 0.6) is 0 Å². The fourth-order valence-corrected chi connectivity index (χ4v) is 2.56. The Morgan fingerprint density at radius 1 is 1.04 bits per heavy atom. The van der Waals surface area contributed by atoms with E-state index in [1.165, 1.54) is 6.20 Å². The molecule has 0 spiro atoms. The van der Waals surface area contributed by atoms with Crippen LogP contribution in [0.1, 0.15) is 29.8 Å². The molecule has 0 bridgehead atoms. The van der Waals surface area contributed by atoms with E-state index in [9.17, 15) is 4.79 Å². The molecule has 0 radical (unpaired) electrons. The minimum absolute atomic E-state index is 0.279. The number of carbonyl (C=O) groups excluding carboxylic acids is 1. The number of anilines is 1. The molecule has 1 aromatic carbocycles. The van der Waals surface area contributed by atoms with Gasteiger partial charge in [-0.1, -0.05) is 32.0 Å². The van der Waals surface area contributed by atoms with Gasteiger partial charge in [0.05, 0.1) is 18.1 Å². The summed E-state index contributed by atoms with van der Waals surface area (Å²) in [7, 11) is 0. The fourth-order valence-electron chi connectivity index (χ4n) is 2.56. The van der Waals surface area contributed by atoms with E-state index in [-0.39, 0.29) is 5.91 Å². The Bertz CT molecular complexity index is 1030. The van der Waals surface area contributed by atoms with Gasteiger partial charge in [0.1, 0.15) is 11.4 Å². The summed E-state index contributed by atoms with van der Waals surface area (Å²) in [6.45, 7) is 6.00. The number of rotatable bonds is 3. The van der Waals surface area contributed by atoms with Gasteiger partial charge >= 0.3 is 0 Å². The SMILES string of the molecule is CC.Cc1ccccc1-n1nccc1NC(=O)c1cnn2cccnc12. The average molecular weight is 348 g/mol. The van der Waals surface area contributed by atoms with Gasteiger partial charge in [0, 0.05) is 18.5 Å². The summed E-state index contributed by atoms with van der Waals surface area (Å²) in [4.78, 5) is 16.8. The molecule has 0 atom stereocenters. The van der Waals surface area contributed by atoms with Gasteiger partial charge in [-0.3, -0.25) is 4.79 Å². The molecule has 0 fully saturated rings. The van der Waals surface area contributed by atoms with Gasteiger partial charge in [0.2, 0.25) is 0 Å². The van der Waals surface area contributed by atoms with E-state index in [0.717, 1.165) is 11.3 Å². The molecule has 7 heteroatoms. The van der Waals surface area contributed by atoms with Gasteiger partial charge in [-0.05, 0) is 24.6 Å². The second-order valence-corrected chi connectivity index (χ2v) is 5.31. The quantitative estimate of drug-likeness (QED) is 0.615. The Hall–Kier alpha value is -3.48. The van der Waals surface area contributed by atoms with E-state index in [1.54, 1.807) is 39.9 Å². The van der Waals surface area contributed by atoms with Crippen LogP contribution < -0.4 is 5.32 Å². The Morgan fingerprint density at radius 3 is 2.65 bits per heavy atom. The topological polar surface area (TPSA) is 77.1 Å². The van der Waals surface area contributed by atoms with Crippen molar-refractivity contribution < 1.29 is 4.79 Å². The first-order valence-electron chi connectivity index (χ1n) is 8.44. The molecular formula is C19H20N6O. The van der Waals surface area contributed by atoms with Crippen LogP contribution in [0.15, 0.2) is 61.2 Å². The molecule has 4 rings (SSSR count). The Balaban J connectivity index is 0.000000948. The van der Waals surface area contributed by atoms with Crippen molar-refractivity contribution in [1.82, 2.24) is 24.4 Å². The highest BCUT2D eigenvalue weighted by molar-refractivity contribution is 6.07. The lowest BCUT2D eigenvalue weighted by Crippen LogP contribution is -2.15. The fraction of sp³-hybridized carbons (Fsp3) is 0.158. The summed E-state index contributed by atoms with van der Waals surface area (Å²) in [5.74, 6) is 0.309. The summed E-state index contributed by atoms with van der Waals surface area (Å²) in [6.07, 6.45) is 6.53. The first-order valence-corrected chi connectivity index (χ1v) is 8.44. The molecule has 26 heavy (non-hydrogen) atoms. The average Bonchev–Trinajstić information content (AvgIpc) is 3.30. The molecule has 0 unspecified atom stereocenters. The summed E-state index contributed by atoms with van der Waals surface area (Å²) in [6, 6.07) is 11.4. The molecule has 1 N–H and O–H groups in total. The lowest BCUT2D eigenvalue weighted by atomic mass is 10.2. The third-order valence-electron chi connectivity index (χ3n) is 3.75. The maximum atomic E-state index is 12.6. The molecule has 7 nitrogen and oxygen atoms in total. The number of fused-ring (bicyclic) bond motifs is 1. The highest BCUT2D eigenvalue weighted by Gasteiger charge is 2.16. The number of nitrogens with zero attached hydrogens (tertiary/aromatic N) is 5. The second kappa shape index (κ2) is 7.60. The first kappa shape index (κ1) is 17.3. The number of nitrogens with one attached hydrogen (secondary N) is 1. The maximum Gasteiger partial charge on any atom is 0.262 e. The standard InChI is InChI=1S/C17H14N6O.C2H6/c1-12-5-2-3-6-14(12)23-15(7-9-19-23)21-17(24)13-11-20-22-10-4-8-18-16(13)22;1-2/h2-11H,1H3,(H,21,24);1-2H3. The normalized spacial score (nSPS) is 10.3. The minimum atomic E-state index is -0.279. The largest absolute Gasteiger partial charge is 0.306 e. The van der Waals surface area contributed by atoms with Crippen molar-refractivity contribution in [3.05, 3.63) is 72.3 Å². The van der Waals surface area contributed by atoms with Crippen molar-refractivity contribution in [2.24, 2.45) is 0 Å². The first-order chi connectivity index (χ1) is 12.7. The minimum Gasteiger partial charge on any atom is -0.306 e. The predicted octanol–water partition coefficient (Wildman–Crippen LogP) is 3.50. The lowest BCUT2D eigenvalue weighted by Gasteiger charge is -2.10. The smallest absolute Gasteiger partial charge is 0.262 e. The van der Waals surface area contributed by atoms with Crippen molar-refractivity contribution >= 4 is 17.4 Å². The molecular weight excluding hydrogens is 328 g/mol. The van der Waals surface area contributed by atoms with Gasteiger partial charge in [-0.2, -0.15) is 10.2 Å². The van der Waals surface area contributed by atoms with E-state index < -0.39 is 0 Å². The number of hydrogen-bond donors (Lipinski definition) is 1.